The average Bonchev–Trinajstić information content (AvgIpc) is 2.92. The lowest BCUT2D eigenvalue weighted by Gasteiger charge is -2.17. The fourth-order valence-electron chi connectivity index (χ4n) is 2.73. The smallest absolute Gasteiger partial charge is 0.323 e. The van der Waals surface area contributed by atoms with Crippen LogP contribution in [0.15, 0.2) is 28.7 Å². The maximum absolute atomic E-state index is 11.1. The summed E-state index contributed by atoms with van der Waals surface area (Å²) in [5, 5.41) is 10.1. The summed E-state index contributed by atoms with van der Waals surface area (Å²) in [6.07, 6.45) is 0.839. The van der Waals surface area contributed by atoms with Crippen molar-refractivity contribution in [2.24, 2.45) is 0 Å². The van der Waals surface area contributed by atoms with Gasteiger partial charge in [-0.3, -0.25) is 4.79 Å². The van der Waals surface area contributed by atoms with Gasteiger partial charge in [0.05, 0.1) is 5.39 Å². The molecule has 0 saturated carbocycles. The Morgan fingerprint density at radius 3 is 2.60 bits per heavy atom. The number of nitrogens with zero attached hydrogens (tertiary/aromatic N) is 3. The van der Waals surface area contributed by atoms with Gasteiger partial charge in [-0.05, 0) is 35.7 Å². The van der Waals surface area contributed by atoms with Crippen molar-refractivity contribution in [3.05, 3.63) is 38.9 Å². The van der Waals surface area contributed by atoms with E-state index in [0.29, 0.717) is 5.82 Å². The molecule has 0 unspecified atom stereocenters. The number of aromatic nitrogens is 2. The van der Waals surface area contributed by atoms with Crippen molar-refractivity contribution in [1.82, 2.24) is 9.97 Å². The van der Waals surface area contributed by atoms with Crippen LogP contribution in [-0.2, 0) is 11.2 Å². The van der Waals surface area contributed by atoms with E-state index < -0.39 is 5.97 Å². The molecule has 8 heteroatoms. The number of carboxylic acids is 1. The molecule has 0 aliphatic heterocycles. The molecule has 0 saturated heterocycles. The van der Waals surface area contributed by atoms with E-state index in [-0.39, 0.29) is 11.8 Å². The summed E-state index contributed by atoms with van der Waals surface area (Å²) >= 11 is 11.1. The highest BCUT2D eigenvalue weighted by molar-refractivity contribution is 9.10. The van der Waals surface area contributed by atoms with Gasteiger partial charge in [-0.15, -0.1) is 11.3 Å². The Hall–Kier alpha value is -1.70. The Bertz CT molecular complexity index is 943. The zero-order valence-electron chi connectivity index (χ0n) is 13.6. The number of aryl methyl sites for hydroxylation is 1. The predicted octanol–water partition coefficient (Wildman–Crippen LogP) is 4.86. The van der Waals surface area contributed by atoms with Crippen LogP contribution in [0.25, 0.3) is 21.3 Å². The molecule has 0 bridgehead atoms. The fourth-order valence-corrected chi connectivity index (χ4v) is 4.33. The number of likely N-dealkylation sites (N-methyl/N-ethyl adjacent to an activating group) is 1. The molecule has 2 heterocycles. The molecule has 0 amide bonds. The van der Waals surface area contributed by atoms with Crippen LogP contribution in [0.3, 0.4) is 0 Å². The topological polar surface area (TPSA) is 66.3 Å². The number of benzene rings is 1. The number of carbonyl (C=O) groups is 1. The van der Waals surface area contributed by atoms with Gasteiger partial charge in [0.15, 0.2) is 0 Å². The van der Waals surface area contributed by atoms with Crippen LogP contribution in [0, 0.1) is 0 Å². The van der Waals surface area contributed by atoms with Crippen molar-refractivity contribution in [3.8, 4) is 11.1 Å². The van der Waals surface area contributed by atoms with Gasteiger partial charge < -0.3 is 10.0 Å². The number of aliphatic carboxylic acids is 1. The summed E-state index contributed by atoms with van der Waals surface area (Å²) in [5.74, 6) is -0.396. The number of carboxylic acid groups (broad SMARTS) is 1. The van der Waals surface area contributed by atoms with E-state index in [9.17, 15) is 4.79 Å². The van der Waals surface area contributed by atoms with Gasteiger partial charge in [0, 0.05) is 22.0 Å². The van der Waals surface area contributed by atoms with E-state index in [1.807, 2.05) is 24.3 Å². The molecule has 1 N–H and O–H groups in total. The number of rotatable bonds is 5. The molecule has 5 nitrogen and oxygen atoms in total. The van der Waals surface area contributed by atoms with Crippen LogP contribution in [0.5, 0.6) is 0 Å². The average molecular weight is 441 g/mol. The van der Waals surface area contributed by atoms with Crippen molar-refractivity contribution >= 4 is 60.9 Å². The number of thiophene rings is 1. The highest BCUT2D eigenvalue weighted by atomic mass is 79.9. The van der Waals surface area contributed by atoms with E-state index in [4.69, 9.17) is 16.7 Å². The monoisotopic (exact) mass is 439 g/mol. The first-order valence-electron chi connectivity index (χ1n) is 7.58. The Labute approximate surface area is 162 Å². The van der Waals surface area contributed by atoms with E-state index in [0.717, 1.165) is 32.2 Å². The van der Waals surface area contributed by atoms with Gasteiger partial charge in [0.1, 0.15) is 17.2 Å². The maximum atomic E-state index is 11.1. The molecular formula is C17H15BrClN3O2S. The third-order valence-corrected chi connectivity index (χ3v) is 5.69. The number of fused-ring (bicyclic) bond motifs is 1. The van der Waals surface area contributed by atoms with E-state index >= 15 is 0 Å². The second kappa shape index (κ2) is 7.27. The Morgan fingerprint density at radius 1 is 1.32 bits per heavy atom. The Kier molecular flexibility index (Phi) is 5.27. The summed E-state index contributed by atoms with van der Waals surface area (Å²) in [4.78, 5) is 23.3. The molecule has 0 radical (unpaired) electrons. The van der Waals surface area contributed by atoms with Crippen molar-refractivity contribution in [2.75, 3.05) is 18.5 Å². The largest absolute Gasteiger partial charge is 0.480 e. The Balaban J connectivity index is 2.31. The van der Waals surface area contributed by atoms with Crippen LogP contribution in [0.1, 0.15) is 11.8 Å². The third-order valence-electron chi connectivity index (χ3n) is 3.77. The van der Waals surface area contributed by atoms with Crippen LogP contribution in [-0.4, -0.2) is 34.6 Å². The molecule has 1 aromatic carbocycles. The molecule has 0 spiro atoms. The van der Waals surface area contributed by atoms with Gasteiger partial charge in [0.2, 0.25) is 5.28 Å². The molecule has 0 aliphatic carbocycles. The predicted molar refractivity (Wildman–Crippen MR) is 106 cm³/mol. The molecule has 0 aliphatic rings. The third kappa shape index (κ3) is 3.63. The zero-order chi connectivity index (χ0) is 18.1. The molecule has 3 aromatic rings. The van der Waals surface area contributed by atoms with Crippen LogP contribution in [0.4, 0.5) is 5.82 Å². The number of hydrogen-bond acceptors (Lipinski definition) is 5. The van der Waals surface area contributed by atoms with Crippen LogP contribution < -0.4 is 4.90 Å². The van der Waals surface area contributed by atoms with Gasteiger partial charge in [-0.2, -0.15) is 4.98 Å². The first-order valence-corrected chi connectivity index (χ1v) is 9.57. The van der Waals surface area contributed by atoms with Crippen molar-refractivity contribution in [3.63, 3.8) is 0 Å². The normalized spacial score (nSPS) is 11.0. The SMILES string of the molecule is CCc1sc2nc(Cl)nc(N(C)CC(=O)O)c2c1-c1ccc(Br)cc1. The minimum Gasteiger partial charge on any atom is -0.480 e. The number of hydrogen-bond donors (Lipinski definition) is 1. The molecule has 130 valence electrons. The molecule has 0 atom stereocenters. The molecule has 2 aromatic heterocycles. The lowest BCUT2D eigenvalue weighted by Crippen LogP contribution is -2.26. The van der Waals surface area contributed by atoms with Gasteiger partial charge in [0.25, 0.3) is 0 Å². The second-order valence-electron chi connectivity index (χ2n) is 5.51. The first-order chi connectivity index (χ1) is 11.9. The minimum absolute atomic E-state index is 0.117. The van der Waals surface area contributed by atoms with Gasteiger partial charge in [-0.1, -0.05) is 35.0 Å². The van der Waals surface area contributed by atoms with Crippen LogP contribution in [0.2, 0.25) is 5.28 Å². The summed E-state index contributed by atoms with van der Waals surface area (Å²) in [7, 11) is 1.70. The van der Waals surface area contributed by atoms with E-state index in [2.05, 4.69) is 32.8 Å². The van der Waals surface area contributed by atoms with E-state index in [1.54, 1.807) is 23.3 Å². The highest BCUT2D eigenvalue weighted by Gasteiger charge is 2.22. The molecule has 3 rings (SSSR count). The molecule has 0 fully saturated rings. The van der Waals surface area contributed by atoms with Crippen molar-refractivity contribution in [2.45, 2.75) is 13.3 Å². The minimum atomic E-state index is -0.929. The van der Waals surface area contributed by atoms with E-state index in [1.165, 1.54) is 4.88 Å². The van der Waals surface area contributed by atoms with Crippen molar-refractivity contribution in [1.29, 1.82) is 0 Å². The fraction of sp³-hybridized carbons (Fsp3) is 0.235. The van der Waals surface area contributed by atoms with Gasteiger partial charge in [-0.25, -0.2) is 4.98 Å². The number of anilines is 1. The highest BCUT2D eigenvalue weighted by Crippen LogP contribution is 2.42. The summed E-state index contributed by atoms with van der Waals surface area (Å²) in [6, 6.07) is 8.02. The van der Waals surface area contributed by atoms with Gasteiger partial charge >= 0.3 is 5.97 Å². The van der Waals surface area contributed by atoms with Crippen molar-refractivity contribution < 1.29 is 9.90 Å². The lowest BCUT2D eigenvalue weighted by molar-refractivity contribution is -0.135. The molecular weight excluding hydrogens is 426 g/mol. The zero-order valence-corrected chi connectivity index (χ0v) is 16.7. The summed E-state index contributed by atoms with van der Waals surface area (Å²) < 4.78 is 0.997. The standard InChI is InChI=1S/C17H15BrClN3O2S/c1-3-11-13(9-4-6-10(18)7-5-9)14-15(22(2)8-12(23)24)20-17(19)21-16(14)25-11/h4-7H,3,8H2,1-2H3,(H,23,24). The summed E-state index contributed by atoms with van der Waals surface area (Å²) in [5.41, 5.74) is 2.08. The maximum Gasteiger partial charge on any atom is 0.323 e. The van der Waals surface area contributed by atoms with Crippen LogP contribution >= 0.6 is 38.9 Å². The quantitative estimate of drug-likeness (QED) is 0.574. The second-order valence-corrected chi connectivity index (χ2v) is 7.84. The number of halogens is 2. The Morgan fingerprint density at radius 2 is 2.00 bits per heavy atom. The molecule has 25 heavy (non-hydrogen) atoms. The lowest BCUT2D eigenvalue weighted by atomic mass is 10.0. The first kappa shape index (κ1) is 18.1. The summed E-state index contributed by atoms with van der Waals surface area (Å²) in [6.45, 7) is 1.92.